The van der Waals surface area contributed by atoms with E-state index in [0.29, 0.717) is 5.82 Å². The number of para-hydroxylation sites is 1. The lowest BCUT2D eigenvalue weighted by Gasteiger charge is -2.26. The number of hydrogen-bond donors (Lipinski definition) is 0. The molecule has 0 aliphatic carbocycles. The van der Waals surface area contributed by atoms with E-state index in [9.17, 15) is 4.79 Å². The van der Waals surface area contributed by atoms with Gasteiger partial charge >= 0.3 is 0 Å². The summed E-state index contributed by atoms with van der Waals surface area (Å²) in [5.74, 6) is 1.29. The number of ether oxygens (including phenoxy) is 1. The molecule has 1 atom stereocenters. The van der Waals surface area contributed by atoms with Crippen molar-refractivity contribution in [3.05, 3.63) is 40.9 Å². The Labute approximate surface area is 134 Å². The second-order valence-electron chi connectivity index (χ2n) is 5.01. The topological polar surface area (TPSA) is 60.2 Å². The van der Waals surface area contributed by atoms with Gasteiger partial charge in [0.05, 0.1) is 13.2 Å². The molecule has 6 nitrogen and oxygen atoms in total. The third kappa shape index (κ3) is 3.39. The van der Waals surface area contributed by atoms with E-state index in [0.717, 1.165) is 11.3 Å². The van der Waals surface area contributed by atoms with E-state index in [-0.39, 0.29) is 23.8 Å². The molecule has 1 aromatic carbocycles. The number of benzene rings is 1. The summed E-state index contributed by atoms with van der Waals surface area (Å²) in [6.07, 6.45) is 0. The number of halogens is 1. The van der Waals surface area contributed by atoms with Crippen LogP contribution in [0.4, 0.5) is 0 Å². The molecule has 1 amide bonds. The minimum atomic E-state index is -0.122. The SMILES string of the molecule is COc1ccccc1C(C)N(C)C(=O)Cn1nc(Cl)nc1C. The van der Waals surface area contributed by atoms with E-state index >= 15 is 0 Å². The monoisotopic (exact) mass is 322 g/mol. The number of methoxy groups -OCH3 is 1. The summed E-state index contributed by atoms with van der Waals surface area (Å²) in [7, 11) is 3.38. The number of carbonyl (C=O) groups is 1. The molecule has 1 unspecified atom stereocenters. The molecule has 118 valence electrons. The van der Waals surface area contributed by atoms with Crippen molar-refractivity contribution in [3.8, 4) is 5.75 Å². The molecule has 2 rings (SSSR count). The van der Waals surface area contributed by atoms with Crippen molar-refractivity contribution >= 4 is 17.5 Å². The van der Waals surface area contributed by atoms with Crippen LogP contribution in [-0.2, 0) is 11.3 Å². The van der Waals surface area contributed by atoms with Crippen LogP contribution in [0.15, 0.2) is 24.3 Å². The summed E-state index contributed by atoms with van der Waals surface area (Å²) < 4.78 is 6.85. The second-order valence-corrected chi connectivity index (χ2v) is 5.35. The maximum Gasteiger partial charge on any atom is 0.244 e. The van der Waals surface area contributed by atoms with Crippen LogP contribution in [0.3, 0.4) is 0 Å². The average molecular weight is 323 g/mol. The molecule has 0 spiro atoms. The van der Waals surface area contributed by atoms with Gasteiger partial charge in [-0.3, -0.25) is 4.79 Å². The van der Waals surface area contributed by atoms with E-state index in [1.54, 1.807) is 26.0 Å². The van der Waals surface area contributed by atoms with Gasteiger partial charge in [0.2, 0.25) is 11.2 Å². The third-order valence-corrected chi connectivity index (χ3v) is 3.84. The predicted molar refractivity (Wildman–Crippen MR) is 83.9 cm³/mol. The summed E-state index contributed by atoms with van der Waals surface area (Å²) in [5, 5.41) is 4.14. The Morgan fingerprint density at radius 2 is 2.14 bits per heavy atom. The van der Waals surface area contributed by atoms with E-state index in [4.69, 9.17) is 16.3 Å². The number of amides is 1. The van der Waals surface area contributed by atoms with Crippen molar-refractivity contribution in [1.29, 1.82) is 0 Å². The Bertz CT molecular complexity index is 671. The van der Waals surface area contributed by atoms with Crippen LogP contribution in [0.2, 0.25) is 5.28 Å². The van der Waals surface area contributed by atoms with Crippen molar-refractivity contribution in [2.75, 3.05) is 14.2 Å². The molecule has 1 heterocycles. The van der Waals surface area contributed by atoms with Crippen LogP contribution in [0.25, 0.3) is 0 Å². The van der Waals surface area contributed by atoms with Gasteiger partial charge < -0.3 is 9.64 Å². The van der Waals surface area contributed by atoms with Crippen molar-refractivity contribution in [1.82, 2.24) is 19.7 Å². The van der Waals surface area contributed by atoms with E-state index < -0.39 is 0 Å². The lowest BCUT2D eigenvalue weighted by Crippen LogP contribution is -2.33. The molecule has 1 aromatic heterocycles. The fraction of sp³-hybridized carbons (Fsp3) is 0.400. The second kappa shape index (κ2) is 6.79. The molecule has 0 saturated carbocycles. The number of rotatable bonds is 5. The zero-order valence-electron chi connectivity index (χ0n) is 13.1. The summed E-state index contributed by atoms with van der Waals surface area (Å²) in [6, 6.07) is 7.53. The minimum Gasteiger partial charge on any atom is -0.496 e. The average Bonchev–Trinajstić information content (AvgIpc) is 2.83. The number of aryl methyl sites for hydroxylation is 1. The fourth-order valence-electron chi connectivity index (χ4n) is 2.21. The van der Waals surface area contributed by atoms with Crippen LogP contribution in [0, 0.1) is 6.92 Å². The normalized spacial score (nSPS) is 12.0. The van der Waals surface area contributed by atoms with Gasteiger partial charge in [0, 0.05) is 12.6 Å². The van der Waals surface area contributed by atoms with Gasteiger partial charge in [-0.05, 0) is 31.5 Å². The van der Waals surface area contributed by atoms with Gasteiger partial charge in [0.1, 0.15) is 18.1 Å². The van der Waals surface area contributed by atoms with Crippen LogP contribution >= 0.6 is 11.6 Å². The number of aromatic nitrogens is 3. The van der Waals surface area contributed by atoms with Crippen LogP contribution < -0.4 is 4.74 Å². The fourth-order valence-corrected chi connectivity index (χ4v) is 2.42. The van der Waals surface area contributed by atoms with E-state index in [1.165, 1.54) is 4.68 Å². The number of likely N-dealkylation sites (N-methyl/N-ethyl adjacent to an activating group) is 1. The maximum absolute atomic E-state index is 12.4. The predicted octanol–water partition coefficient (Wildman–Crippen LogP) is 2.47. The molecule has 0 N–H and O–H groups in total. The first-order valence-electron chi connectivity index (χ1n) is 6.89. The number of hydrogen-bond acceptors (Lipinski definition) is 4. The van der Waals surface area contributed by atoms with Crippen LogP contribution in [-0.4, -0.2) is 39.7 Å². The molecule has 2 aromatic rings. The first kappa shape index (κ1) is 16.3. The maximum atomic E-state index is 12.4. The Morgan fingerprint density at radius 1 is 1.45 bits per heavy atom. The Morgan fingerprint density at radius 3 is 2.73 bits per heavy atom. The molecular formula is C15H19ClN4O2. The van der Waals surface area contributed by atoms with Crippen LogP contribution in [0.5, 0.6) is 5.75 Å². The van der Waals surface area contributed by atoms with E-state index in [1.807, 2.05) is 31.2 Å². The van der Waals surface area contributed by atoms with Crippen molar-refractivity contribution in [3.63, 3.8) is 0 Å². The highest BCUT2D eigenvalue weighted by atomic mass is 35.5. The first-order chi connectivity index (χ1) is 10.4. The number of nitrogens with zero attached hydrogens (tertiary/aromatic N) is 4. The van der Waals surface area contributed by atoms with Crippen molar-refractivity contribution in [2.24, 2.45) is 0 Å². The molecule has 0 aliphatic rings. The molecule has 0 radical (unpaired) electrons. The standard InChI is InChI=1S/C15H19ClN4O2/c1-10(12-7-5-6-8-13(12)22-4)19(3)14(21)9-20-11(2)17-15(16)18-20/h5-8,10H,9H2,1-4H3. The smallest absolute Gasteiger partial charge is 0.244 e. The highest BCUT2D eigenvalue weighted by molar-refractivity contribution is 6.28. The van der Waals surface area contributed by atoms with Crippen molar-refractivity contribution in [2.45, 2.75) is 26.4 Å². The number of carbonyl (C=O) groups excluding carboxylic acids is 1. The molecule has 0 saturated heterocycles. The molecule has 7 heteroatoms. The van der Waals surface area contributed by atoms with E-state index in [2.05, 4.69) is 10.1 Å². The Kier molecular flexibility index (Phi) is 5.03. The molecule has 0 fully saturated rings. The lowest BCUT2D eigenvalue weighted by molar-refractivity contribution is -0.132. The van der Waals surface area contributed by atoms with Gasteiger partial charge in [-0.1, -0.05) is 18.2 Å². The van der Waals surface area contributed by atoms with Gasteiger partial charge in [-0.2, -0.15) is 0 Å². The summed E-state index contributed by atoms with van der Waals surface area (Å²) in [4.78, 5) is 18.1. The lowest BCUT2D eigenvalue weighted by atomic mass is 10.1. The van der Waals surface area contributed by atoms with Gasteiger partial charge in [0.25, 0.3) is 0 Å². The van der Waals surface area contributed by atoms with Crippen LogP contribution in [0.1, 0.15) is 24.4 Å². The zero-order chi connectivity index (χ0) is 16.3. The summed E-state index contributed by atoms with van der Waals surface area (Å²) in [6.45, 7) is 3.81. The Balaban J connectivity index is 2.14. The van der Waals surface area contributed by atoms with Gasteiger partial charge in [-0.15, -0.1) is 5.10 Å². The zero-order valence-corrected chi connectivity index (χ0v) is 13.8. The Hall–Kier alpha value is -2.08. The highest BCUT2D eigenvalue weighted by Crippen LogP contribution is 2.28. The molecule has 0 bridgehead atoms. The third-order valence-electron chi connectivity index (χ3n) is 3.68. The van der Waals surface area contributed by atoms with Gasteiger partial charge in [0.15, 0.2) is 0 Å². The quantitative estimate of drug-likeness (QED) is 0.848. The largest absolute Gasteiger partial charge is 0.496 e. The van der Waals surface area contributed by atoms with Gasteiger partial charge in [-0.25, -0.2) is 9.67 Å². The first-order valence-corrected chi connectivity index (χ1v) is 7.27. The summed E-state index contributed by atoms with van der Waals surface area (Å²) >= 11 is 5.74. The molecule has 0 aliphatic heterocycles. The summed E-state index contributed by atoms with van der Waals surface area (Å²) in [5.41, 5.74) is 0.953. The molecular weight excluding hydrogens is 304 g/mol. The minimum absolute atomic E-state index is 0.0805. The highest BCUT2D eigenvalue weighted by Gasteiger charge is 2.21. The molecule has 22 heavy (non-hydrogen) atoms. The van der Waals surface area contributed by atoms with Crippen molar-refractivity contribution < 1.29 is 9.53 Å².